The van der Waals surface area contributed by atoms with E-state index in [1.807, 2.05) is 32.0 Å². The zero-order chi connectivity index (χ0) is 20.9. The molecule has 2 aromatic carbocycles. The number of sulfonamides is 1. The number of benzene rings is 2. The maximum Gasteiger partial charge on any atom is 0.243 e. The molecule has 5 nitrogen and oxygen atoms in total. The number of amides is 1. The van der Waals surface area contributed by atoms with Crippen LogP contribution < -0.4 is 5.32 Å². The summed E-state index contributed by atoms with van der Waals surface area (Å²) in [4.78, 5) is 12.6. The van der Waals surface area contributed by atoms with E-state index < -0.39 is 10.0 Å². The smallest absolute Gasteiger partial charge is 0.243 e. The van der Waals surface area contributed by atoms with Gasteiger partial charge in [-0.05, 0) is 42.5 Å². The van der Waals surface area contributed by atoms with E-state index in [4.69, 9.17) is 0 Å². The van der Waals surface area contributed by atoms with E-state index >= 15 is 0 Å². The van der Waals surface area contributed by atoms with Crippen LogP contribution in [0.15, 0.2) is 59.5 Å². The summed E-state index contributed by atoms with van der Waals surface area (Å²) in [6.45, 7) is 5.24. The molecule has 1 aliphatic carbocycles. The Labute approximate surface area is 174 Å². The van der Waals surface area contributed by atoms with Gasteiger partial charge in [0.25, 0.3) is 0 Å². The van der Waals surface area contributed by atoms with Crippen molar-refractivity contribution in [2.75, 3.05) is 19.6 Å². The monoisotopic (exact) mass is 414 g/mol. The molecule has 0 aromatic heterocycles. The van der Waals surface area contributed by atoms with Gasteiger partial charge in [-0.25, -0.2) is 8.42 Å². The minimum Gasteiger partial charge on any atom is -0.355 e. The molecule has 0 radical (unpaired) electrons. The third kappa shape index (κ3) is 5.06. The van der Waals surface area contributed by atoms with Crippen LogP contribution in [0.1, 0.15) is 44.2 Å². The molecule has 0 unspecified atom stereocenters. The van der Waals surface area contributed by atoms with Crippen molar-refractivity contribution < 1.29 is 13.2 Å². The van der Waals surface area contributed by atoms with Crippen molar-refractivity contribution in [3.63, 3.8) is 0 Å². The summed E-state index contributed by atoms with van der Waals surface area (Å²) in [5.74, 6) is 0.0343. The minimum absolute atomic E-state index is 0.0343. The molecule has 1 N–H and O–H groups in total. The molecule has 6 heteroatoms. The molecule has 1 aliphatic rings. The maximum atomic E-state index is 12.5. The second kappa shape index (κ2) is 9.09. The van der Waals surface area contributed by atoms with E-state index in [2.05, 4.69) is 17.4 Å². The van der Waals surface area contributed by atoms with E-state index in [0.29, 0.717) is 37.4 Å². The normalized spacial score (nSPS) is 15.3. The van der Waals surface area contributed by atoms with Gasteiger partial charge in [0.2, 0.25) is 15.9 Å². The van der Waals surface area contributed by atoms with Crippen LogP contribution in [0.5, 0.6) is 0 Å². The van der Waals surface area contributed by atoms with E-state index in [9.17, 15) is 13.2 Å². The minimum atomic E-state index is -3.44. The predicted octanol–water partition coefficient (Wildman–Crippen LogP) is 3.50. The molecule has 3 rings (SSSR count). The van der Waals surface area contributed by atoms with E-state index in [1.54, 1.807) is 24.3 Å². The highest BCUT2D eigenvalue weighted by Crippen LogP contribution is 2.47. The van der Waals surface area contributed by atoms with Crippen molar-refractivity contribution >= 4 is 15.9 Å². The average Bonchev–Trinajstić information content (AvgIpc) is 3.54. The van der Waals surface area contributed by atoms with Crippen LogP contribution in [0, 0.1) is 0 Å². The Morgan fingerprint density at radius 2 is 1.62 bits per heavy atom. The van der Waals surface area contributed by atoms with Crippen LogP contribution in [-0.2, 0) is 26.7 Å². The molecule has 0 aliphatic heterocycles. The van der Waals surface area contributed by atoms with Crippen molar-refractivity contribution in [1.82, 2.24) is 9.62 Å². The number of hydrogen-bond donors (Lipinski definition) is 1. The number of nitrogens with one attached hydrogen (secondary N) is 1. The molecule has 29 heavy (non-hydrogen) atoms. The van der Waals surface area contributed by atoms with E-state index in [0.717, 1.165) is 18.4 Å². The summed E-state index contributed by atoms with van der Waals surface area (Å²) in [6.07, 6.45) is 3.21. The van der Waals surface area contributed by atoms with Gasteiger partial charge in [-0.2, -0.15) is 4.31 Å². The zero-order valence-electron chi connectivity index (χ0n) is 17.2. The number of carbonyl (C=O) groups excluding carboxylic acids is 1. The first-order valence-corrected chi connectivity index (χ1v) is 11.8. The van der Waals surface area contributed by atoms with Crippen LogP contribution in [0.25, 0.3) is 0 Å². The fourth-order valence-electron chi connectivity index (χ4n) is 3.66. The van der Waals surface area contributed by atoms with Gasteiger partial charge in [-0.3, -0.25) is 4.79 Å². The highest BCUT2D eigenvalue weighted by atomic mass is 32.2. The summed E-state index contributed by atoms with van der Waals surface area (Å²) >= 11 is 0. The molecule has 1 saturated carbocycles. The lowest BCUT2D eigenvalue weighted by atomic mass is 9.96. The van der Waals surface area contributed by atoms with Gasteiger partial charge >= 0.3 is 0 Å². The van der Waals surface area contributed by atoms with Crippen LogP contribution in [0.3, 0.4) is 0 Å². The molecule has 156 valence electrons. The summed E-state index contributed by atoms with van der Waals surface area (Å²) < 4.78 is 26.5. The molecule has 0 spiro atoms. The van der Waals surface area contributed by atoms with E-state index in [1.165, 1.54) is 9.87 Å². The lowest BCUT2D eigenvalue weighted by molar-refractivity contribution is -0.121. The van der Waals surface area contributed by atoms with Crippen molar-refractivity contribution in [2.24, 2.45) is 0 Å². The number of carbonyl (C=O) groups is 1. The van der Waals surface area contributed by atoms with Crippen molar-refractivity contribution in [2.45, 2.75) is 49.8 Å². The van der Waals surface area contributed by atoms with Gasteiger partial charge in [-0.15, -0.1) is 0 Å². The first-order valence-electron chi connectivity index (χ1n) is 10.3. The number of hydrogen-bond acceptors (Lipinski definition) is 3. The predicted molar refractivity (Wildman–Crippen MR) is 115 cm³/mol. The molecular formula is C23H30N2O3S. The largest absolute Gasteiger partial charge is 0.355 e. The Morgan fingerprint density at radius 3 is 2.17 bits per heavy atom. The topological polar surface area (TPSA) is 66.5 Å². The van der Waals surface area contributed by atoms with Crippen molar-refractivity contribution in [3.05, 3.63) is 65.7 Å². The Morgan fingerprint density at radius 1 is 1.00 bits per heavy atom. The molecule has 1 amide bonds. The Balaban J connectivity index is 1.51. The summed E-state index contributed by atoms with van der Waals surface area (Å²) in [6, 6.07) is 17.2. The van der Waals surface area contributed by atoms with Crippen LogP contribution in [-0.4, -0.2) is 38.3 Å². The second-order valence-corrected chi connectivity index (χ2v) is 9.59. The van der Waals surface area contributed by atoms with Gasteiger partial charge in [0, 0.05) is 31.5 Å². The van der Waals surface area contributed by atoms with Crippen LogP contribution in [0.2, 0.25) is 0 Å². The molecule has 1 fully saturated rings. The fraction of sp³-hybridized carbons (Fsp3) is 0.435. The third-order valence-electron chi connectivity index (χ3n) is 5.77. The molecular weight excluding hydrogens is 384 g/mol. The standard InChI is InChI=1S/C23H30N2O3S/c1-3-25(4-2)29(27,28)21-13-10-19(11-14-21)12-15-22(26)24-18-23(16-17-23)20-8-6-5-7-9-20/h5-11,13-14H,3-4,12,15-18H2,1-2H3,(H,24,26). The molecule has 0 saturated heterocycles. The van der Waals surface area contributed by atoms with Gasteiger partial charge in [-0.1, -0.05) is 56.3 Å². The summed E-state index contributed by atoms with van der Waals surface area (Å²) in [5, 5.41) is 3.08. The van der Waals surface area contributed by atoms with Crippen LogP contribution in [0.4, 0.5) is 0 Å². The van der Waals surface area contributed by atoms with Crippen molar-refractivity contribution in [1.29, 1.82) is 0 Å². The first-order chi connectivity index (χ1) is 13.9. The second-order valence-electron chi connectivity index (χ2n) is 7.66. The molecule has 2 aromatic rings. The molecule has 0 atom stereocenters. The fourth-order valence-corrected chi connectivity index (χ4v) is 5.12. The third-order valence-corrected chi connectivity index (χ3v) is 7.84. The van der Waals surface area contributed by atoms with E-state index in [-0.39, 0.29) is 11.3 Å². The van der Waals surface area contributed by atoms with Gasteiger partial charge in [0.15, 0.2) is 0 Å². The van der Waals surface area contributed by atoms with Crippen molar-refractivity contribution in [3.8, 4) is 0 Å². The molecule has 0 bridgehead atoms. The quantitative estimate of drug-likeness (QED) is 0.647. The zero-order valence-corrected chi connectivity index (χ0v) is 18.0. The number of rotatable bonds is 10. The average molecular weight is 415 g/mol. The Hall–Kier alpha value is -2.18. The number of aryl methyl sites for hydroxylation is 1. The molecule has 0 heterocycles. The van der Waals surface area contributed by atoms with Crippen LogP contribution >= 0.6 is 0 Å². The van der Waals surface area contributed by atoms with Gasteiger partial charge < -0.3 is 5.32 Å². The summed E-state index contributed by atoms with van der Waals surface area (Å²) in [7, 11) is -3.44. The maximum absolute atomic E-state index is 12.5. The first kappa shape index (κ1) is 21.5. The van der Waals surface area contributed by atoms with Gasteiger partial charge in [0.05, 0.1) is 4.90 Å². The highest BCUT2D eigenvalue weighted by Gasteiger charge is 2.44. The summed E-state index contributed by atoms with van der Waals surface area (Å²) in [5.41, 5.74) is 2.37. The number of nitrogens with zero attached hydrogens (tertiary/aromatic N) is 1. The van der Waals surface area contributed by atoms with Gasteiger partial charge in [0.1, 0.15) is 0 Å². The Bertz CT molecular complexity index is 916. The lowest BCUT2D eigenvalue weighted by Gasteiger charge is -2.18. The Kier molecular flexibility index (Phi) is 6.75. The lowest BCUT2D eigenvalue weighted by Crippen LogP contribution is -2.32. The highest BCUT2D eigenvalue weighted by molar-refractivity contribution is 7.89. The SMILES string of the molecule is CCN(CC)S(=O)(=O)c1ccc(CCC(=O)NCC2(c3ccccc3)CC2)cc1.